The van der Waals surface area contributed by atoms with Gasteiger partial charge < -0.3 is 9.47 Å². The first-order chi connectivity index (χ1) is 13.6. The maximum absolute atomic E-state index is 12.9. The standard InChI is InChI=1S/C22H18N2O4/c1-22(16-12-14-19(15-13-16)27-18-10-6-3-7-11-18)20(25)24(21(26)28-22)23-17-8-4-2-5-9-17/h2-15,23H,1H3/t22-/m1/s1. The SMILES string of the molecule is C[C@]1(c2ccc(Oc3ccccc3)cc2)OC(=O)N(Nc2ccccc2)C1=O. The number of ether oxygens (including phenoxy) is 2. The van der Waals surface area contributed by atoms with Gasteiger partial charge in [0.25, 0.3) is 5.91 Å². The van der Waals surface area contributed by atoms with Crippen molar-refractivity contribution in [1.29, 1.82) is 0 Å². The zero-order chi connectivity index (χ0) is 19.6. The number of imide groups is 1. The first kappa shape index (κ1) is 17.6. The fraction of sp³-hybridized carbons (Fsp3) is 0.0909. The molecule has 3 aromatic rings. The van der Waals surface area contributed by atoms with E-state index in [1.165, 1.54) is 0 Å². The number of benzene rings is 3. The summed E-state index contributed by atoms with van der Waals surface area (Å²) in [4.78, 5) is 25.2. The van der Waals surface area contributed by atoms with E-state index in [2.05, 4.69) is 5.43 Å². The number of nitrogens with zero attached hydrogens (tertiary/aromatic N) is 1. The minimum Gasteiger partial charge on any atom is -0.457 e. The molecule has 0 aromatic heterocycles. The molecule has 0 saturated carbocycles. The first-order valence-corrected chi connectivity index (χ1v) is 8.79. The highest BCUT2D eigenvalue weighted by molar-refractivity contribution is 6.04. The molecule has 0 spiro atoms. The van der Waals surface area contributed by atoms with E-state index in [-0.39, 0.29) is 0 Å². The second-order valence-corrected chi connectivity index (χ2v) is 6.46. The number of nitrogens with one attached hydrogen (secondary N) is 1. The molecule has 1 N–H and O–H groups in total. The van der Waals surface area contributed by atoms with Crippen LogP contribution in [0.1, 0.15) is 12.5 Å². The van der Waals surface area contributed by atoms with Crippen LogP contribution in [-0.4, -0.2) is 17.0 Å². The van der Waals surface area contributed by atoms with E-state index in [0.29, 0.717) is 22.7 Å². The third-order valence-electron chi connectivity index (χ3n) is 4.48. The van der Waals surface area contributed by atoms with Crippen LogP contribution < -0.4 is 10.2 Å². The van der Waals surface area contributed by atoms with Crippen molar-refractivity contribution in [3.63, 3.8) is 0 Å². The zero-order valence-corrected chi connectivity index (χ0v) is 15.2. The summed E-state index contributed by atoms with van der Waals surface area (Å²) < 4.78 is 11.2. The highest BCUT2D eigenvalue weighted by Crippen LogP contribution is 2.35. The number of amides is 2. The van der Waals surface area contributed by atoms with Crippen LogP contribution in [0.15, 0.2) is 84.9 Å². The molecule has 28 heavy (non-hydrogen) atoms. The third kappa shape index (κ3) is 3.27. The molecular weight excluding hydrogens is 356 g/mol. The van der Waals surface area contributed by atoms with E-state index >= 15 is 0 Å². The van der Waals surface area contributed by atoms with Crippen LogP contribution in [0.4, 0.5) is 10.5 Å². The van der Waals surface area contributed by atoms with Gasteiger partial charge in [-0.3, -0.25) is 10.2 Å². The molecule has 0 unspecified atom stereocenters. The fourth-order valence-corrected chi connectivity index (χ4v) is 2.95. The third-order valence-corrected chi connectivity index (χ3v) is 4.48. The van der Waals surface area contributed by atoms with Gasteiger partial charge in [-0.2, -0.15) is 0 Å². The minimum atomic E-state index is -1.41. The van der Waals surface area contributed by atoms with Gasteiger partial charge in [-0.15, -0.1) is 5.01 Å². The van der Waals surface area contributed by atoms with Crippen molar-refractivity contribution in [2.75, 3.05) is 5.43 Å². The van der Waals surface area contributed by atoms with E-state index in [1.807, 2.05) is 36.4 Å². The van der Waals surface area contributed by atoms with Gasteiger partial charge >= 0.3 is 6.09 Å². The molecule has 0 bridgehead atoms. The Morgan fingerprint density at radius 1 is 0.821 bits per heavy atom. The number of hydrazine groups is 1. The smallest absolute Gasteiger partial charge is 0.437 e. The number of carbonyl (C=O) groups excluding carboxylic acids is 2. The molecular formula is C22H18N2O4. The molecule has 0 aliphatic carbocycles. The molecule has 140 valence electrons. The van der Waals surface area contributed by atoms with Crippen LogP contribution >= 0.6 is 0 Å². The number of para-hydroxylation sites is 2. The molecule has 1 atom stereocenters. The fourth-order valence-electron chi connectivity index (χ4n) is 2.95. The summed E-state index contributed by atoms with van der Waals surface area (Å²) in [6.07, 6.45) is -0.749. The van der Waals surface area contributed by atoms with Gasteiger partial charge in [0.2, 0.25) is 5.60 Å². The highest BCUT2D eigenvalue weighted by Gasteiger charge is 2.52. The van der Waals surface area contributed by atoms with Crippen molar-refractivity contribution < 1.29 is 19.1 Å². The summed E-state index contributed by atoms with van der Waals surface area (Å²) in [6.45, 7) is 1.58. The molecule has 1 aliphatic rings. The Hall–Kier alpha value is -3.80. The van der Waals surface area contributed by atoms with Gasteiger partial charge in [0.05, 0.1) is 5.69 Å². The summed E-state index contributed by atoms with van der Waals surface area (Å²) in [7, 11) is 0. The lowest BCUT2D eigenvalue weighted by Crippen LogP contribution is -2.39. The zero-order valence-electron chi connectivity index (χ0n) is 15.2. The van der Waals surface area contributed by atoms with Gasteiger partial charge in [-0.1, -0.05) is 48.5 Å². The largest absolute Gasteiger partial charge is 0.457 e. The average Bonchev–Trinajstić information content (AvgIpc) is 2.94. The van der Waals surface area contributed by atoms with Crippen LogP contribution in [0.25, 0.3) is 0 Å². The quantitative estimate of drug-likeness (QED) is 0.701. The Balaban J connectivity index is 1.53. The number of hydrogen-bond acceptors (Lipinski definition) is 5. The topological polar surface area (TPSA) is 67.9 Å². The lowest BCUT2D eigenvalue weighted by atomic mass is 9.95. The van der Waals surface area contributed by atoms with Crippen molar-refractivity contribution in [3.05, 3.63) is 90.5 Å². The summed E-state index contributed by atoms with van der Waals surface area (Å²) >= 11 is 0. The minimum absolute atomic E-state index is 0.488. The molecule has 1 saturated heterocycles. The Bertz CT molecular complexity index is 990. The van der Waals surface area contributed by atoms with Crippen molar-refractivity contribution in [3.8, 4) is 11.5 Å². The van der Waals surface area contributed by atoms with Crippen molar-refractivity contribution in [1.82, 2.24) is 5.01 Å². The van der Waals surface area contributed by atoms with E-state index in [4.69, 9.17) is 9.47 Å². The van der Waals surface area contributed by atoms with E-state index in [1.54, 1.807) is 55.5 Å². The van der Waals surface area contributed by atoms with Crippen LogP contribution in [0, 0.1) is 0 Å². The van der Waals surface area contributed by atoms with Crippen LogP contribution in [0.2, 0.25) is 0 Å². The normalized spacial score (nSPS) is 18.7. The Morgan fingerprint density at radius 3 is 2.04 bits per heavy atom. The second-order valence-electron chi connectivity index (χ2n) is 6.46. The molecule has 3 aromatic carbocycles. The van der Waals surface area contributed by atoms with Crippen molar-refractivity contribution >= 4 is 17.7 Å². The van der Waals surface area contributed by atoms with Gasteiger partial charge in [-0.25, -0.2) is 4.79 Å². The monoisotopic (exact) mass is 374 g/mol. The maximum Gasteiger partial charge on any atom is 0.437 e. The van der Waals surface area contributed by atoms with Gasteiger partial charge in [0.15, 0.2) is 0 Å². The molecule has 6 heteroatoms. The molecule has 4 rings (SSSR count). The molecule has 1 heterocycles. The number of carbonyl (C=O) groups is 2. The van der Waals surface area contributed by atoms with E-state index in [9.17, 15) is 9.59 Å². The molecule has 1 fully saturated rings. The molecule has 1 aliphatic heterocycles. The van der Waals surface area contributed by atoms with E-state index < -0.39 is 17.6 Å². The highest BCUT2D eigenvalue weighted by atomic mass is 16.6. The summed E-state index contributed by atoms with van der Waals surface area (Å²) in [5.41, 5.74) is 2.55. The average molecular weight is 374 g/mol. The van der Waals surface area contributed by atoms with Gasteiger partial charge in [0, 0.05) is 5.56 Å². The predicted octanol–water partition coefficient (Wildman–Crippen LogP) is 4.70. The number of anilines is 1. The van der Waals surface area contributed by atoms with Crippen LogP contribution in [0.3, 0.4) is 0 Å². The Morgan fingerprint density at radius 2 is 1.39 bits per heavy atom. The molecule has 0 radical (unpaired) electrons. The number of rotatable bonds is 5. The maximum atomic E-state index is 12.9. The van der Waals surface area contributed by atoms with Crippen LogP contribution in [0.5, 0.6) is 11.5 Å². The van der Waals surface area contributed by atoms with Gasteiger partial charge in [0.1, 0.15) is 11.5 Å². The Kier molecular flexibility index (Phi) is 4.45. The Labute approximate surface area is 162 Å². The van der Waals surface area contributed by atoms with Crippen molar-refractivity contribution in [2.45, 2.75) is 12.5 Å². The second kappa shape index (κ2) is 7.08. The lowest BCUT2D eigenvalue weighted by Gasteiger charge is -2.21. The van der Waals surface area contributed by atoms with E-state index in [0.717, 1.165) is 5.01 Å². The summed E-state index contributed by atoms with van der Waals surface area (Å²) in [6, 6.07) is 25.3. The molecule has 2 amide bonds. The molecule has 6 nitrogen and oxygen atoms in total. The summed E-state index contributed by atoms with van der Waals surface area (Å²) in [5.74, 6) is 0.843. The summed E-state index contributed by atoms with van der Waals surface area (Å²) in [5, 5.41) is 0.893. The number of cyclic esters (lactones) is 1. The van der Waals surface area contributed by atoms with Crippen LogP contribution in [-0.2, 0) is 15.1 Å². The first-order valence-electron chi connectivity index (χ1n) is 8.79. The van der Waals surface area contributed by atoms with Crippen molar-refractivity contribution in [2.24, 2.45) is 0 Å². The van der Waals surface area contributed by atoms with Gasteiger partial charge in [-0.05, 0) is 43.3 Å². The predicted molar refractivity (Wildman–Crippen MR) is 104 cm³/mol. The lowest BCUT2D eigenvalue weighted by molar-refractivity contribution is -0.135. The number of hydrogen-bond donors (Lipinski definition) is 1.